The highest BCUT2D eigenvalue weighted by atomic mass is 79.9. The Hall–Kier alpha value is 0.0400. The highest BCUT2D eigenvalue weighted by Crippen LogP contribution is 2.38. The van der Waals surface area contributed by atoms with E-state index in [4.69, 9.17) is 11.6 Å². The Labute approximate surface area is 152 Å². The third kappa shape index (κ3) is 4.51. The first-order valence-electron chi connectivity index (χ1n) is 6.76. The minimum Gasteiger partial charge on any atom is -0.126 e. The van der Waals surface area contributed by atoms with Crippen LogP contribution in [-0.2, 0) is 5.41 Å². The van der Waals surface area contributed by atoms with Crippen LogP contribution in [0.3, 0.4) is 0 Å². The van der Waals surface area contributed by atoms with Crippen molar-refractivity contribution in [1.29, 1.82) is 0 Å². The standard InChI is InChI=1S/C17H17Br2ClS/c18-12-17(13-19,15-8-4-5-9-16(15)20)10-11-21-14-6-2-1-3-7-14/h1-9H,10-13H2. The summed E-state index contributed by atoms with van der Waals surface area (Å²) in [6.07, 6.45) is 1.06. The molecule has 2 aromatic carbocycles. The van der Waals surface area contributed by atoms with Crippen molar-refractivity contribution in [3.63, 3.8) is 0 Å². The number of alkyl halides is 2. The molecule has 112 valence electrons. The van der Waals surface area contributed by atoms with E-state index in [1.165, 1.54) is 10.5 Å². The SMILES string of the molecule is Clc1ccccc1C(CBr)(CBr)CCSc1ccccc1. The second-order valence-corrected chi connectivity index (χ2v) is 7.64. The number of rotatable bonds is 7. The van der Waals surface area contributed by atoms with Gasteiger partial charge in [-0.15, -0.1) is 11.8 Å². The van der Waals surface area contributed by atoms with Crippen LogP contribution in [0.25, 0.3) is 0 Å². The van der Waals surface area contributed by atoms with Crippen LogP contribution in [0.4, 0.5) is 0 Å². The molecule has 21 heavy (non-hydrogen) atoms. The van der Waals surface area contributed by atoms with Crippen molar-refractivity contribution in [3.05, 3.63) is 65.2 Å². The Bertz CT molecular complexity index is 556. The molecule has 0 spiro atoms. The van der Waals surface area contributed by atoms with Gasteiger partial charge in [0, 0.05) is 26.0 Å². The van der Waals surface area contributed by atoms with Gasteiger partial charge in [-0.25, -0.2) is 0 Å². The Morgan fingerprint density at radius 1 is 0.905 bits per heavy atom. The average Bonchev–Trinajstić information content (AvgIpc) is 2.54. The molecule has 0 fully saturated rings. The summed E-state index contributed by atoms with van der Waals surface area (Å²) in [5.74, 6) is 1.06. The molecule has 0 aromatic heterocycles. The lowest BCUT2D eigenvalue weighted by Crippen LogP contribution is -2.31. The summed E-state index contributed by atoms with van der Waals surface area (Å²) in [6.45, 7) is 0. The number of hydrogen-bond donors (Lipinski definition) is 0. The van der Waals surface area contributed by atoms with Crippen molar-refractivity contribution in [2.45, 2.75) is 16.7 Å². The third-order valence-electron chi connectivity index (χ3n) is 3.55. The molecule has 0 N–H and O–H groups in total. The molecular weight excluding hydrogens is 432 g/mol. The summed E-state index contributed by atoms with van der Waals surface area (Å²) >= 11 is 15.7. The van der Waals surface area contributed by atoms with Gasteiger partial charge in [0.2, 0.25) is 0 Å². The summed E-state index contributed by atoms with van der Waals surface area (Å²) in [7, 11) is 0. The molecule has 0 amide bonds. The lowest BCUT2D eigenvalue weighted by Gasteiger charge is -2.31. The molecule has 4 heteroatoms. The van der Waals surface area contributed by atoms with Gasteiger partial charge in [0.1, 0.15) is 0 Å². The van der Waals surface area contributed by atoms with Gasteiger partial charge in [-0.1, -0.05) is 79.9 Å². The summed E-state index contributed by atoms with van der Waals surface area (Å²) in [4.78, 5) is 1.31. The van der Waals surface area contributed by atoms with Gasteiger partial charge in [0.25, 0.3) is 0 Å². The van der Waals surface area contributed by atoms with Gasteiger partial charge in [-0.2, -0.15) is 0 Å². The van der Waals surface area contributed by atoms with Crippen molar-refractivity contribution in [2.75, 3.05) is 16.4 Å². The molecule has 0 radical (unpaired) electrons. The zero-order chi connectivity index (χ0) is 15.1. The van der Waals surface area contributed by atoms with Crippen molar-refractivity contribution < 1.29 is 0 Å². The first kappa shape index (κ1) is 17.4. The first-order chi connectivity index (χ1) is 10.2. The van der Waals surface area contributed by atoms with Gasteiger partial charge in [0.05, 0.1) is 0 Å². The fourth-order valence-electron chi connectivity index (χ4n) is 2.22. The average molecular weight is 449 g/mol. The van der Waals surface area contributed by atoms with Crippen LogP contribution in [0.1, 0.15) is 12.0 Å². The number of hydrogen-bond acceptors (Lipinski definition) is 1. The molecule has 0 aliphatic rings. The quantitative estimate of drug-likeness (QED) is 0.342. The van der Waals surface area contributed by atoms with Crippen molar-refractivity contribution in [2.24, 2.45) is 0 Å². The second-order valence-electron chi connectivity index (χ2n) is 4.94. The Kier molecular flexibility index (Phi) is 7.14. The molecule has 0 bridgehead atoms. The second kappa shape index (κ2) is 8.61. The largest absolute Gasteiger partial charge is 0.126 e. The third-order valence-corrected chi connectivity index (χ3v) is 7.04. The summed E-state index contributed by atoms with van der Waals surface area (Å²) < 4.78 is 0. The molecule has 0 aliphatic carbocycles. The zero-order valence-electron chi connectivity index (χ0n) is 11.6. The van der Waals surface area contributed by atoms with Crippen LogP contribution in [0.5, 0.6) is 0 Å². The highest BCUT2D eigenvalue weighted by molar-refractivity contribution is 9.09. The van der Waals surface area contributed by atoms with E-state index in [2.05, 4.69) is 74.3 Å². The summed E-state index contributed by atoms with van der Waals surface area (Å²) in [5.41, 5.74) is 1.24. The topological polar surface area (TPSA) is 0 Å². The van der Waals surface area contributed by atoms with Crippen LogP contribution < -0.4 is 0 Å². The Morgan fingerprint density at radius 3 is 2.14 bits per heavy atom. The van der Waals surface area contributed by atoms with E-state index < -0.39 is 0 Å². The van der Waals surface area contributed by atoms with E-state index in [-0.39, 0.29) is 5.41 Å². The summed E-state index contributed by atoms with van der Waals surface area (Å²) in [6, 6.07) is 18.7. The van der Waals surface area contributed by atoms with Crippen LogP contribution in [0.2, 0.25) is 5.02 Å². The van der Waals surface area contributed by atoms with Gasteiger partial charge in [-0.3, -0.25) is 0 Å². The van der Waals surface area contributed by atoms with Crippen LogP contribution >= 0.6 is 55.2 Å². The first-order valence-corrected chi connectivity index (χ1v) is 10.4. The van der Waals surface area contributed by atoms with E-state index in [9.17, 15) is 0 Å². The van der Waals surface area contributed by atoms with E-state index in [1.54, 1.807) is 0 Å². The maximum Gasteiger partial charge on any atom is 0.0444 e. The van der Waals surface area contributed by atoms with Crippen molar-refractivity contribution in [3.8, 4) is 0 Å². The maximum absolute atomic E-state index is 6.41. The van der Waals surface area contributed by atoms with Gasteiger partial charge >= 0.3 is 0 Å². The number of benzene rings is 2. The van der Waals surface area contributed by atoms with Gasteiger partial charge in [-0.05, 0) is 35.9 Å². The highest BCUT2D eigenvalue weighted by Gasteiger charge is 2.31. The molecule has 2 rings (SSSR count). The molecule has 2 aromatic rings. The molecule has 0 atom stereocenters. The predicted molar refractivity (Wildman–Crippen MR) is 103 cm³/mol. The maximum atomic E-state index is 6.41. The minimum absolute atomic E-state index is 0.0279. The number of thioether (sulfide) groups is 1. The molecule has 0 saturated carbocycles. The van der Waals surface area contributed by atoms with Crippen LogP contribution in [-0.4, -0.2) is 16.4 Å². The number of halogens is 3. The molecule has 0 heterocycles. The van der Waals surface area contributed by atoms with Gasteiger partial charge < -0.3 is 0 Å². The van der Waals surface area contributed by atoms with E-state index in [0.29, 0.717) is 0 Å². The molecule has 0 saturated heterocycles. The molecular formula is C17H17Br2ClS. The van der Waals surface area contributed by atoms with Crippen molar-refractivity contribution >= 4 is 55.2 Å². The lowest BCUT2D eigenvalue weighted by atomic mass is 9.82. The fraction of sp³-hybridized carbons (Fsp3) is 0.294. The fourth-order valence-corrected chi connectivity index (χ4v) is 5.73. The monoisotopic (exact) mass is 446 g/mol. The van der Waals surface area contributed by atoms with Crippen LogP contribution in [0.15, 0.2) is 59.5 Å². The minimum atomic E-state index is 0.0279. The smallest absolute Gasteiger partial charge is 0.0444 e. The van der Waals surface area contributed by atoms with E-state index >= 15 is 0 Å². The van der Waals surface area contributed by atoms with E-state index in [1.807, 2.05) is 23.9 Å². The zero-order valence-corrected chi connectivity index (χ0v) is 16.3. The lowest BCUT2D eigenvalue weighted by molar-refractivity contribution is 0.539. The Morgan fingerprint density at radius 2 is 1.52 bits per heavy atom. The normalized spacial score (nSPS) is 11.6. The van der Waals surface area contributed by atoms with Crippen molar-refractivity contribution in [1.82, 2.24) is 0 Å². The summed E-state index contributed by atoms with van der Waals surface area (Å²) in [5, 5.41) is 2.63. The Balaban J connectivity index is 2.10. The predicted octanol–water partition coefficient (Wildman–Crippen LogP) is 6.55. The van der Waals surface area contributed by atoms with E-state index in [0.717, 1.165) is 27.9 Å². The molecule has 0 aliphatic heterocycles. The molecule has 0 nitrogen and oxygen atoms in total. The van der Waals surface area contributed by atoms with Crippen LogP contribution in [0, 0.1) is 0 Å². The molecule has 0 unspecified atom stereocenters. The van der Waals surface area contributed by atoms with Gasteiger partial charge in [0.15, 0.2) is 0 Å².